The predicted octanol–water partition coefficient (Wildman–Crippen LogP) is 2.78. The zero-order valence-electron chi connectivity index (χ0n) is 7.25. The van der Waals surface area contributed by atoms with Gasteiger partial charge in [0.25, 0.3) is 5.91 Å². The molecule has 0 aliphatic carbocycles. The number of hydrogen-bond donors (Lipinski definition) is 1. The largest absolute Gasteiger partial charge is 0.484 e. The average molecular weight is 262 g/mol. The molecule has 1 aromatic carbocycles. The van der Waals surface area contributed by atoms with Gasteiger partial charge in [0.15, 0.2) is 0 Å². The van der Waals surface area contributed by atoms with Gasteiger partial charge in [0.1, 0.15) is 0 Å². The maximum Gasteiger partial charge on any atom is 0.484 e. The van der Waals surface area contributed by atoms with Crippen LogP contribution in [0.5, 0.6) is 0 Å². The number of carbonyl (C=O) groups excluding carboxylic acids is 1. The van der Waals surface area contributed by atoms with E-state index in [4.69, 9.17) is 0 Å². The van der Waals surface area contributed by atoms with Gasteiger partial charge >= 0.3 is 6.30 Å². The van der Waals surface area contributed by atoms with Crippen LogP contribution in [-0.4, -0.2) is 12.2 Å². The predicted molar refractivity (Wildman–Crippen MR) is 54.5 cm³/mol. The van der Waals surface area contributed by atoms with Crippen LogP contribution in [0.15, 0.2) is 30.3 Å². The molecular weight excluding hydrogens is 254 g/mol. The monoisotopic (exact) mass is 261 g/mol. The minimum Gasteiger partial charge on any atom is -0.269 e. The number of carbonyl (C=O) groups is 1. The maximum atomic E-state index is 11.7. The molecule has 0 fully saturated rings. The van der Waals surface area contributed by atoms with Gasteiger partial charge in [-0.1, -0.05) is 18.2 Å². The second-order valence-corrected chi connectivity index (χ2v) is 2.32. The molecule has 1 amide bonds. The molecule has 0 atom stereocenters. The molecule has 0 bridgehead atoms. The lowest BCUT2D eigenvalue weighted by atomic mass is 10.2. The van der Waals surface area contributed by atoms with Gasteiger partial charge in [0.2, 0.25) is 0 Å². The normalized spacial score (nSPS) is 9.53. The van der Waals surface area contributed by atoms with E-state index < -0.39 is 12.2 Å². The number of rotatable bonds is 1. The Morgan fingerprint density at radius 3 is 1.93 bits per heavy atom. The molecule has 0 radical (unpaired) electrons. The van der Waals surface area contributed by atoms with Crippen LogP contribution < -0.4 is 5.32 Å². The summed E-state index contributed by atoms with van der Waals surface area (Å²) in [7, 11) is 0. The van der Waals surface area contributed by atoms with Crippen LogP contribution in [0.3, 0.4) is 0 Å². The van der Waals surface area contributed by atoms with E-state index >= 15 is 0 Å². The van der Waals surface area contributed by atoms with Crippen molar-refractivity contribution in [1.82, 2.24) is 5.32 Å². The summed E-state index contributed by atoms with van der Waals surface area (Å²) in [5.74, 6) is -1.15. The number of benzene rings is 1. The number of amides is 1. The van der Waals surface area contributed by atoms with E-state index in [1.54, 1.807) is 6.07 Å². The molecule has 0 aromatic heterocycles. The highest BCUT2D eigenvalue weighted by Crippen LogP contribution is 2.11. The van der Waals surface area contributed by atoms with Gasteiger partial charge in [-0.05, 0) is 12.1 Å². The molecule has 0 spiro atoms. The zero-order valence-corrected chi connectivity index (χ0v) is 8.88. The molecule has 7 heteroatoms. The molecule has 0 unspecified atom stereocenters. The van der Waals surface area contributed by atoms with Gasteiger partial charge in [-0.3, -0.25) is 10.1 Å². The lowest BCUT2D eigenvalue weighted by molar-refractivity contribution is -0.146. The molecule has 86 valence electrons. The fraction of sp³-hybridized carbons (Fsp3) is 0.125. The van der Waals surface area contributed by atoms with Crippen LogP contribution in [0.2, 0.25) is 0 Å². The number of hydrogen-bond acceptors (Lipinski definition) is 1. The van der Waals surface area contributed by atoms with E-state index in [1.165, 1.54) is 24.3 Å². The Morgan fingerprint density at radius 1 is 1.07 bits per heavy atom. The fourth-order valence-corrected chi connectivity index (χ4v) is 0.790. The molecule has 0 saturated heterocycles. The second kappa shape index (κ2) is 6.53. The molecule has 0 saturated carbocycles. The van der Waals surface area contributed by atoms with E-state index in [9.17, 15) is 18.0 Å². The molecule has 1 aromatic rings. The Kier molecular flexibility index (Phi) is 7.17. The summed E-state index contributed by atoms with van der Waals surface area (Å²) in [6.07, 6.45) is -4.67. The standard InChI is InChI=1S/C8H6F3NO.2ClH/c9-8(10,11)12-7(13)6-4-2-1-3-5-6;;/h1-5H,(H,12,13);2*1H. The van der Waals surface area contributed by atoms with Crippen molar-refractivity contribution in [1.29, 1.82) is 0 Å². The average Bonchev–Trinajstić information content (AvgIpc) is 2.03. The number of alkyl halides is 3. The summed E-state index contributed by atoms with van der Waals surface area (Å²) in [5, 5.41) is 0.896. The SMILES string of the molecule is Cl.Cl.O=C(NC(F)(F)F)c1ccccc1. The van der Waals surface area contributed by atoms with Crippen molar-refractivity contribution in [3.8, 4) is 0 Å². The summed E-state index contributed by atoms with van der Waals surface area (Å²) < 4.78 is 35.0. The van der Waals surface area contributed by atoms with Crippen molar-refractivity contribution >= 4 is 30.7 Å². The van der Waals surface area contributed by atoms with Gasteiger partial charge in [-0.2, -0.15) is 13.2 Å². The topological polar surface area (TPSA) is 29.1 Å². The van der Waals surface area contributed by atoms with Crippen molar-refractivity contribution in [2.45, 2.75) is 6.30 Å². The van der Waals surface area contributed by atoms with Crippen LogP contribution in [-0.2, 0) is 0 Å². The molecule has 1 rings (SSSR count). The summed E-state index contributed by atoms with van der Waals surface area (Å²) in [5.41, 5.74) is -0.0141. The van der Waals surface area contributed by atoms with Crippen LogP contribution >= 0.6 is 24.8 Å². The van der Waals surface area contributed by atoms with Crippen LogP contribution in [0, 0.1) is 0 Å². The highest BCUT2D eigenvalue weighted by atomic mass is 35.5. The van der Waals surface area contributed by atoms with E-state index in [-0.39, 0.29) is 30.4 Å². The van der Waals surface area contributed by atoms with Gasteiger partial charge in [0, 0.05) is 5.56 Å². The summed E-state index contributed by atoms with van der Waals surface area (Å²) in [4.78, 5) is 10.8. The van der Waals surface area contributed by atoms with Crippen LogP contribution in [0.25, 0.3) is 0 Å². The van der Waals surface area contributed by atoms with E-state index in [1.807, 2.05) is 0 Å². The van der Waals surface area contributed by atoms with Crippen LogP contribution in [0.1, 0.15) is 10.4 Å². The van der Waals surface area contributed by atoms with Crippen LogP contribution in [0.4, 0.5) is 13.2 Å². The third-order valence-corrected chi connectivity index (χ3v) is 1.29. The van der Waals surface area contributed by atoms with E-state index in [2.05, 4.69) is 0 Å². The summed E-state index contributed by atoms with van der Waals surface area (Å²) in [6, 6.07) is 7.21. The summed E-state index contributed by atoms with van der Waals surface area (Å²) >= 11 is 0. The van der Waals surface area contributed by atoms with Gasteiger partial charge in [0.05, 0.1) is 0 Å². The van der Waals surface area contributed by atoms with Gasteiger partial charge in [-0.25, -0.2) is 0 Å². The second-order valence-electron chi connectivity index (χ2n) is 2.32. The maximum absolute atomic E-state index is 11.7. The first-order valence-corrected chi connectivity index (χ1v) is 3.43. The zero-order chi connectivity index (χ0) is 9.90. The van der Waals surface area contributed by atoms with Crippen molar-refractivity contribution in [2.75, 3.05) is 0 Å². The lowest BCUT2D eigenvalue weighted by Gasteiger charge is -2.07. The van der Waals surface area contributed by atoms with Gasteiger partial charge < -0.3 is 0 Å². The quantitative estimate of drug-likeness (QED) is 0.774. The Morgan fingerprint density at radius 2 is 1.53 bits per heavy atom. The molecule has 2 nitrogen and oxygen atoms in total. The third-order valence-electron chi connectivity index (χ3n) is 1.29. The molecular formula is C8H8Cl2F3NO. The minimum atomic E-state index is -4.67. The highest BCUT2D eigenvalue weighted by Gasteiger charge is 2.30. The molecule has 15 heavy (non-hydrogen) atoms. The van der Waals surface area contributed by atoms with E-state index in [0.717, 1.165) is 5.32 Å². The third kappa shape index (κ3) is 6.19. The first kappa shape index (κ1) is 16.5. The van der Waals surface area contributed by atoms with Crippen molar-refractivity contribution in [3.63, 3.8) is 0 Å². The fourth-order valence-electron chi connectivity index (χ4n) is 0.790. The molecule has 0 aliphatic rings. The van der Waals surface area contributed by atoms with Crippen molar-refractivity contribution < 1.29 is 18.0 Å². The Bertz CT molecular complexity index is 303. The number of halogens is 5. The van der Waals surface area contributed by atoms with Crippen molar-refractivity contribution in [3.05, 3.63) is 35.9 Å². The summed E-state index contributed by atoms with van der Waals surface area (Å²) in [6.45, 7) is 0. The Balaban J connectivity index is 0. The Hall–Kier alpha value is -0.940. The first-order valence-electron chi connectivity index (χ1n) is 3.43. The highest BCUT2D eigenvalue weighted by molar-refractivity contribution is 5.94. The number of nitrogens with one attached hydrogen (secondary N) is 1. The lowest BCUT2D eigenvalue weighted by Crippen LogP contribution is -2.37. The molecule has 1 N–H and O–H groups in total. The molecule has 0 heterocycles. The smallest absolute Gasteiger partial charge is 0.269 e. The Labute approximate surface area is 96.7 Å². The van der Waals surface area contributed by atoms with Crippen molar-refractivity contribution in [2.24, 2.45) is 0 Å². The molecule has 0 aliphatic heterocycles. The van der Waals surface area contributed by atoms with E-state index in [0.29, 0.717) is 0 Å². The minimum absolute atomic E-state index is 0. The first-order chi connectivity index (χ1) is 5.99. The van der Waals surface area contributed by atoms with Gasteiger partial charge in [-0.15, -0.1) is 24.8 Å².